The number of carbonyl (C=O) groups is 1. The average molecular weight is 240 g/mol. The predicted molar refractivity (Wildman–Crippen MR) is 63.5 cm³/mol. The van der Waals surface area contributed by atoms with Gasteiger partial charge in [0.25, 0.3) is 0 Å². The van der Waals surface area contributed by atoms with Crippen LogP contribution in [0, 0.1) is 5.92 Å². The van der Waals surface area contributed by atoms with E-state index in [4.69, 9.17) is 0 Å². The molecule has 1 fully saturated rings. The predicted octanol–water partition coefficient (Wildman–Crippen LogP) is 2.24. The molecule has 1 heterocycles. The van der Waals surface area contributed by atoms with Crippen LogP contribution in [0.5, 0.6) is 0 Å². The normalized spacial score (nSPS) is 25.1. The smallest absolute Gasteiger partial charge is 0.321 e. The van der Waals surface area contributed by atoms with Crippen LogP contribution in [-0.2, 0) is 0 Å². The van der Waals surface area contributed by atoms with E-state index in [0.29, 0.717) is 11.2 Å². The minimum atomic E-state index is -0.170. The Kier molecular flexibility index (Phi) is 3.71. The lowest BCUT2D eigenvalue weighted by Crippen LogP contribution is -2.39. The summed E-state index contributed by atoms with van der Waals surface area (Å²) in [5, 5.41) is 13.6. The maximum atomic E-state index is 11.6. The lowest BCUT2D eigenvalue weighted by molar-refractivity contribution is 0.239. The van der Waals surface area contributed by atoms with Gasteiger partial charge in [0.1, 0.15) is 5.51 Å². The number of nitrogens with one attached hydrogen (secondary N) is 2. The molecular weight excluding hydrogens is 224 g/mol. The summed E-state index contributed by atoms with van der Waals surface area (Å²) in [5.41, 5.74) is 1.60. The molecule has 6 heteroatoms. The number of amides is 2. The van der Waals surface area contributed by atoms with Crippen molar-refractivity contribution in [2.75, 3.05) is 5.32 Å². The second kappa shape index (κ2) is 5.25. The summed E-state index contributed by atoms with van der Waals surface area (Å²) < 4.78 is 0. The third kappa shape index (κ3) is 3.16. The van der Waals surface area contributed by atoms with Crippen LogP contribution in [0.4, 0.5) is 9.93 Å². The SMILES string of the molecule is CC1CCC(NC(=O)Nc2nncs2)CC1. The molecule has 1 aromatic rings. The number of hydrogen-bond acceptors (Lipinski definition) is 4. The van der Waals surface area contributed by atoms with Gasteiger partial charge in [-0.3, -0.25) is 5.32 Å². The highest BCUT2D eigenvalue weighted by Crippen LogP contribution is 2.23. The number of rotatable bonds is 2. The van der Waals surface area contributed by atoms with Crippen LogP contribution in [0.1, 0.15) is 32.6 Å². The minimum absolute atomic E-state index is 0.170. The van der Waals surface area contributed by atoms with Crippen LogP contribution >= 0.6 is 11.3 Å². The number of urea groups is 1. The van der Waals surface area contributed by atoms with Gasteiger partial charge in [-0.2, -0.15) is 0 Å². The molecule has 2 N–H and O–H groups in total. The van der Waals surface area contributed by atoms with Crippen molar-refractivity contribution >= 4 is 22.5 Å². The van der Waals surface area contributed by atoms with Crippen molar-refractivity contribution in [3.8, 4) is 0 Å². The molecule has 0 atom stereocenters. The highest BCUT2D eigenvalue weighted by atomic mass is 32.1. The molecule has 0 aromatic carbocycles. The summed E-state index contributed by atoms with van der Waals surface area (Å²) in [6.07, 6.45) is 4.54. The molecule has 1 saturated carbocycles. The van der Waals surface area contributed by atoms with Gasteiger partial charge in [0, 0.05) is 6.04 Å². The van der Waals surface area contributed by atoms with Gasteiger partial charge < -0.3 is 5.32 Å². The van der Waals surface area contributed by atoms with Crippen molar-refractivity contribution in [2.24, 2.45) is 5.92 Å². The van der Waals surface area contributed by atoms with E-state index in [9.17, 15) is 4.79 Å². The first kappa shape index (κ1) is 11.3. The fraction of sp³-hybridized carbons (Fsp3) is 0.700. The second-order valence-corrected chi connectivity index (χ2v) is 5.13. The van der Waals surface area contributed by atoms with Crippen LogP contribution in [0.2, 0.25) is 0 Å². The molecule has 0 spiro atoms. The first-order valence-electron chi connectivity index (χ1n) is 5.57. The summed E-state index contributed by atoms with van der Waals surface area (Å²) in [5.74, 6) is 0.796. The lowest BCUT2D eigenvalue weighted by Gasteiger charge is -2.26. The Labute approximate surface area is 98.7 Å². The zero-order valence-corrected chi connectivity index (χ0v) is 10.1. The largest absolute Gasteiger partial charge is 0.335 e. The van der Waals surface area contributed by atoms with Gasteiger partial charge in [-0.05, 0) is 31.6 Å². The Morgan fingerprint density at radius 1 is 1.44 bits per heavy atom. The van der Waals surface area contributed by atoms with Gasteiger partial charge in [-0.25, -0.2) is 4.79 Å². The fourth-order valence-electron chi connectivity index (χ4n) is 1.95. The lowest BCUT2D eigenvalue weighted by atomic mass is 9.87. The van der Waals surface area contributed by atoms with Crippen LogP contribution in [-0.4, -0.2) is 22.3 Å². The molecule has 0 bridgehead atoms. The van der Waals surface area contributed by atoms with E-state index >= 15 is 0 Å². The third-order valence-corrected chi connectivity index (χ3v) is 3.54. The molecule has 88 valence electrons. The topological polar surface area (TPSA) is 66.9 Å². The maximum Gasteiger partial charge on any atom is 0.321 e. The Bertz CT molecular complexity index is 333. The quantitative estimate of drug-likeness (QED) is 0.833. The number of carbonyl (C=O) groups excluding carboxylic acids is 1. The summed E-state index contributed by atoms with van der Waals surface area (Å²) in [6, 6.07) is 0.139. The van der Waals surface area contributed by atoms with Gasteiger partial charge in [0.15, 0.2) is 0 Å². The van der Waals surface area contributed by atoms with Crippen molar-refractivity contribution in [1.82, 2.24) is 15.5 Å². The van der Waals surface area contributed by atoms with Gasteiger partial charge in [-0.15, -0.1) is 10.2 Å². The first-order valence-corrected chi connectivity index (χ1v) is 6.45. The molecule has 0 unspecified atom stereocenters. The number of anilines is 1. The average Bonchev–Trinajstić information content (AvgIpc) is 2.74. The molecule has 5 nitrogen and oxygen atoms in total. The molecule has 16 heavy (non-hydrogen) atoms. The summed E-state index contributed by atoms with van der Waals surface area (Å²) in [7, 11) is 0. The molecule has 0 saturated heterocycles. The fourth-order valence-corrected chi connectivity index (χ4v) is 2.39. The Morgan fingerprint density at radius 3 is 2.81 bits per heavy atom. The number of nitrogens with zero attached hydrogens (tertiary/aromatic N) is 2. The van der Waals surface area contributed by atoms with Gasteiger partial charge in [0.2, 0.25) is 5.13 Å². The van der Waals surface area contributed by atoms with E-state index in [-0.39, 0.29) is 6.03 Å². The Balaban J connectivity index is 1.75. The van der Waals surface area contributed by atoms with Crippen molar-refractivity contribution in [2.45, 2.75) is 38.6 Å². The zero-order chi connectivity index (χ0) is 11.4. The molecular formula is C10H16N4OS. The van der Waals surface area contributed by atoms with Crippen molar-refractivity contribution in [3.63, 3.8) is 0 Å². The first-order chi connectivity index (χ1) is 7.74. The van der Waals surface area contributed by atoms with Crippen molar-refractivity contribution in [3.05, 3.63) is 5.51 Å². The van der Waals surface area contributed by atoms with Crippen LogP contribution < -0.4 is 10.6 Å². The van der Waals surface area contributed by atoms with Crippen molar-refractivity contribution < 1.29 is 4.79 Å². The van der Waals surface area contributed by atoms with Crippen LogP contribution in [0.15, 0.2) is 5.51 Å². The summed E-state index contributed by atoms with van der Waals surface area (Å²) >= 11 is 1.32. The Hall–Kier alpha value is -1.17. The highest BCUT2D eigenvalue weighted by molar-refractivity contribution is 7.13. The van der Waals surface area contributed by atoms with Crippen LogP contribution in [0.25, 0.3) is 0 Å². The molecule has 1 aliphatic rings. The monoisotopic (exact) mass is 240 g/mol. The Morgan fingerprint density at radius 2 is 2.19 bits per heavy atom. The van der Waals surface area contributed by atoms with E-state index in [1.54, 1.807) is 5.51 Å². The third-order valence-electron chi connectivity index (χ3n) is 2.93. The highest BCUT2D eigenvalue weighted by Gasteiger charge is 2.19. The zero-order valence-electron chi connectivity index (χ0n) is 9.27. The van der Waals surface area contributed by atoms with E-state index in [1.807, 2.05) is 0 Å². The second-order valence-electron chi connectivity index (χ2n) is 4.30. The molecule has 0 radical (unpaired) electrons. The number of hydrogen-bond donors (Lipinski definition) is 2. The van der Waals surface area contributed by atoms with E-state index in [1.165, 1.54) is 24.2 Å². The maximum absolute atomic E-state index is 11.6. The summed E-state index contributed by atoms with van der Waals surface area (Å²) in [4.78, 5) is 11.6. The molecule has 1 aliphatic carbocycles. The van der Waals surface area contributed by atoms with Gasteiger partial charge >= 0.3 is 6.03 Å². The van der Waals surface area contributed by atoms with E-state index in [2.05, 4.69) is 27.8 Å². The summed E-state index contributed by atoms with van der Waals surface area (Å²) in [6.45, 7) is 2.26. The van der Waals surface area contributed by atoms with Gasteiger partial charge in [0.05, 0.1) is 0 Å². The molecule has 2 rings (SSSR count). The van der Waals surface area contributed by atoms with Gasteiger partial charge in [-0.1, -0.05) is 18.3 Å². The molecule has 2 amide bonds. The van der Waals surface area contributed by atoms with Crippen molar-refractivity contribution in [1.29, 1.82) is 0 Å². The van der Waals surface area contributed by atoms with E-state index < -0.39 is 0 Å². The number of aromatic nitrogens is 2. The molecule has 1 aromatic heterocycles. The van der Waals surface area contributed by atoms with E-state index in [0.717, 1.165) is 18.8 Å². The standard InChI is InChI=1S/C10H16N4OS/c1-7-2-4-8(5-3-7)12-9(15)13-10-14-11-6-16-10/h6-8H,2-5H2,1H3,(H2,12,13,14,15). The van der Waals surface area contributed by atoms with Crippen LogP contribution in [0.3, 0.4) is 0 Å². The molecule has 0 aliphatic heterocycles. The minimum Gasteiger partial charge on any atom is -0.335 e.